The third kappa shape index (κ3) is 5.53. The van der Waals surface area contributed by atoms with E-state index in [1.165, 1.54) is 18.4 Å². The number of hydrogen-bond donors (Lipinski definition) is 2. The summed E-state index contributed by atoms with van der Waals surface area (Å²) in [6.07, 6.45) is 7.28. The molecule has 154 valence electrons. The molecule has 0 unspecified atom stereocenters. The zero-order valence-corrected chi connectivity index (χ0v) is 16.6. The Bertz CT molecular complexity index is 679. The second-order valence-electron chi connectivity index (χ2n) is 9.18. The van der Waals surface area contributed by atoms with Crippen molar-refractivity contribution in [1.82, 2.24) is 10.6 Å². The van der Waals surface area contributed by atoms with Crippen LogP contribution in [0.5, 0.6) is 0 Å². The molecule has 3 fully saturated rings. The van der Waals surface area contributed by atoms with E-state index in [9.17, 15) is 13.6 Å². The van der Waals surface area contributed by atoms with Crippen molar-refractivity contribution in [2.24, 2.45) is 5.92 Å². The number of rotatable bonds is 7. The molecule has 0 aliphatic heterocycles. The largest absolute Gasteiger partial charge is 0.353 e. The molecule has 0 heterocycles. The summed E-state index contributed by atoms with van der Waals surface area (Å²) in [6, 6.07) is 9.08. The van der Waals surface area contributed by atoms with Crippen LogP contribution in [-0.4, -0.2) is 30.5 Å². The molecule has 0 bridgehead atoms. The van der Waals surface area contributed by atoms with Crippen LogP contribution in [0.2, 0.25) is 0 Å². The van der Waals surface area contributed by atoms with E-state index in [0.29, 0.717) is 37.1 Å². The van der Waals surface area contributed by atoms with Gasteiger partial charge < -0.3 is 10.6 Å². The second-order valence-corrected chi connectivity index (χ2v) is 9.18. The van der Waals surface area contributed by atoms with Crippen LogP contribution in [0.4, 0.5) is 8.78 Å². The van der Waals surface area contributed by atoms with Crippen molar-refractivity contribution in [3.8, 4) is 0 Å². The van der Waals surface area contributed by atoms with E-state index in [1.54, 1.807) is 0 Å². The molecule has 0 spiro atoms. The molecule has 3 aliphatic carbocycles. The molecule has 0 saturated heterocycles. The van der Waals surface area contributed by atoms with Gasteiger partial charge in [-0.25, -0.2) is 8.78 Å². The van der Waals surface area contributed by atoms with Crippen molar-refractivity contribution in [2.45, 2.75) is 88.1 Å². The summed E-state index contributed by atoms with van der Waals surface area (Å²) >= 11 is 0. The minimum Gasteiger partial charge on any atom is -0.353 e. The van der Waals surface area contributed by atoms with E-state index in [1.807, 2.05) is 6.07 Å². The Labute approximate surface area is 166 Å². The van der Waals surface area contributed by atoms with Crippen LogP contribution in [0, 0.1) is 5.92 Å². The fraction of sp³-hybridized carbons (Fsp3) is 0.696. The lowest BCUT2D eigenvalue weighted by Gasteiger charge is -2.29. The molecule has 3 saturated carbocycles. The minimum absolute atomic E-state index is 0.0324. The van der Waals surface area contributed by atoms with Gasteiger partial charge in [0.15, 0.2) is 0 Å². The first-order chi connectivity index (χ1) is 13.5. The standard InChI is InChI=1S/C23H32F2N2O/c24-23(25)10-8-16(9-11-23)15-26-20-6-7-21(14-20)27-22(28)13-17-2-1-3-19(12-17)18-4-5-18/h1-3,12,16,18,20-21,26H,4-11,13-15H2,(H,27,28)/t20-,21-/m0/s1. The number of halogens is 2. The number of hydrogen-bond acceptors (Lipinski definition) is 2. The van der Waals surface area contributed by atoms with E-state index < -0.39 is 5.92 Å². The fourth-order valence-corrected chi connectivity index (χ4v) is 4.77. The molecule has 1 amide bonds. The molecular formula is C23H32F2N2O. The van der Waals surface area contributed by atoms with E-state index in [0.717, 1.165) is 31.4 Å². The lowest BCUT2D eigenvalue weighted by atomic mass is 9.86. The Morgan fingerprint density at radius 1 is 1.04 bits per heavy atom. The van der Waals surface area contributed by atoms with Crippen molar-refractivity contribution in [2.75, 3.05) is 6.54 Å². The maximum atomic E-state index is 13.3. The average Bonchev–Trinajstić information content (AvgIpc) is 3.42. The van der Waals surface area contributed by atoms with Crippen LogP contribution in [0.1, 0.15) is 74.8 Å². The first-order valence-corrected chi connectivity index (χ1v) is 11.0. The number of carbonyl (C=O) groups is 1. The van der Waals surface area contributed by atoms with Gasteiger partial charge >= 0.3 is 0 Å². The molecule has 1 aromatic rings. The lowest BCUT2D eigenvalue weighted by Crippen LogP contribution is -2.38. The Morgan fingerprint density at radius 2 is 1.79 bits per heavy atom. The van der Waals surface area contributed by atoms with Crippen LogP contribution < -0.4 is 10.6 Å². The zero-order valence-electron chi connectivity index (χ0n) is 16.6. The third-order valence-electron chi connectivity index (χ3n) is 6.69. The van der Waals surface area contributed by atoms with Gasteiger partial charge in [0.25, 0.3) is 0 Å². The molecule has 5 heteroatoms. The summed E-state index contributed by atoms with van der Waals surface area (Å²) in [5.41, 5.74) is 2.47. The number of carbonyl (C=O) groups excluding carboxylic acids is 1. The highest BCUT2D eigenvalue weighted by molar-refractivity contribution is 5.79. The molecular weight excluding hydrogens is 358 g/mol. The predicted octanol–water partition coefficient (Wildman–Crippen LogP) is 4.56. The van der Waals surface area contributed by atoms with Gasteiger partial charge in [-0.1, -0.05) is 24.3 Å². The lowest BCUT2D eigenvalue weighted by molar-refractivity contribution is -0.121. The Hall–Kier alpha value is -1.49. The van der Waals surface area contributed by atoms with Crippen LogP contribution in [0.3, 0.4) is 0 Å². The Balaban J connectivity index is 1.16. The van der Waals surface area contributed by atoms with Crippen molar-refractivity contribution in [3.05, 3.63) is 35.4 Å². The van der Waals surface area contributed by atoms with Gasteiger partial charge in [0.2, 0.25) is 11.8 Å². The normalized spacial score (nSPS) is 27.6. The topological polar surface area (TPSA) is 41.1 Å². The van der Waals surface area contributed by atoms with Gasteiger partial charge in [-0.15, -0.1) is 0 Å². The monoisotopic (exact) mass is 390 g/mol. The number of amides is 1. The summed E-state index contributed by atoms with van der Waals surface area (Å²) < 4.78 is 26.5. The highest BCUT2D eigenvalue weighted by Crippen LogP contribution is 2.40. The summed E-state index contributed by atoms with van der Waals surface area (Å²) in [5, 5.41) is 6.75. The van der Waals surface area contributed by atoms with Gasteiger partial charge in [-0.3, -0.25) is 4.79 Å². The second kappa shape index (κ2) is 8.48. The van der Waals surface area contributed by atoms with Gasteiger partial charge in [-0.2, -0.15) is 0 Å². The number of nitrogens with one attached hydrogen (secondary N) is 2. The highest BCUT2D eigenvalue weighted by Gasteiger charge is 2.35. The number of benzene rings is 1. The van der Waals surface area contributed by atoms with E-state index in [-0.39, 0.29) is 24.8 Å². The maximum absolute atomic E-state index is 13.3. The molecule has 1 aromatic carbocycles. The zero-order chi connectivity index (χ0) is 19.6. The number of alkyl halides is 2. The molecule has 2 atom stereocenters. The first kappa shape index (κ1) is 19.8. The summed E-state index contributed by atoms with van der Waals surface area (Å²) in [5.74, 6) is -1.27. The summed E-state index contributed by atoms with van der Waals surface area (Å²) in [7, 11) is 0. The van der Waals surface area contributed by atoms with E-state index >= 15 is 0 Å². The maximum Gasteiger partial charge on any atom is 0.248 e. The van der Waals surface area contributed by atoms with Crippen molar-refractivity contribution < 1.29 is 13.6 Å². The average molecular weight is 391 g/mol. The van der Waals surface area contributed by atoms with E-state index in [2.05, 4.69) is 28.8 Å². The van der Waals surface area contributed by atoms with Crippen LogP contribution >= 0.6 is 0 Å². The predicted molar refractivity (Wildman–Crippen MR) is 107 cm³/mol. The highest BCUT2D eigenvalue weighted by atomic mass is 19.3. The van der Waals surface area contributed by atoms with Crippen LogP contribution in [0.25, 0.3) is 0 Å². The Kier molecular flexibility index (Phi) is 6.00. The molecule has 28 heavy (non-hydrogen) atoms. The van der Waals surface area contributed by atoms with Gasteiger partial charge in [0.05, 0.1) is 6.42 Å². The minimum atomic E-state index is -2.45. The summed E-state index contributed by atoms with van der Waals surface area (Å²) in [6.45, 7) is 0.829. The third-order valence-corrected chi connectivity index (χ3v) is 6.69. The van der Waals surface area contributed by atoms with Crippen LogP contribution in [-0.2, 0) is 11.2 Å². The fourth-order valence-electron chi connectivity index (χ4n) is 4.77. The van der Waals surface area contributed by atoms with Gasteiger partial charge in [0.1, 0.15) is 0 Å². The SMILES string of the molecule is O=C(Cc1cccc(C2CC2)c1)N[C@H]1CC[C@H](NCC2CCC(F)(F)CC2)C1. The quantitative estimate of drug-likeness (QED) is 0.717. The van der Waals surface area contributed by atoms with Crippen LogP contribution in [0.15, 0.2) is 24.3 Å². The van der Waals surface area contributed by atoms with Gasteiger partial charge in [-0.05, 0) is 74.5 Å². The molecule has 2 N–H and O–H groups in total. The first-order valence-electron chi connectivity index (χ1n) is 11.0. The summed E-state index contributed by atoms with van der Waals surface area (Å²) in [4.78, 5) is 12.4. The smallest absolute Gasteiger partial charge is 0.248 e. The van der Waals surface area contributed by atoms with E-state index in [4.69, 9.17) is 0 Å². The van der Waals surface area contributed by atoms with Crippen molar-refractivity contribution >= 4 is 5.91 Å². The molecule has 3 nitrogen and oxygen atoms in total. The molecule has 0 radical (unpaired) electrons. The Morgan fingerprint density at radius 3 is 2.54 bits per heavy atom. The van der Waals surface area contributed by atoms with Crippen molar-refractivity contribution in [1.29, 1.82) is 0 Å². The molecule has 4 rings (SSSR count). The van der Waals surface area contributed by atoms with Gasteiger partial charge in [0, 0.05) is 24.9 Å². The molecule has 0 aromatic heterocycles. The molecule has 3 aliphatic rings. The van der Waals surface area contributed by atoms with Crippen molar-refractivity contribution in [3.63, 3.8) is 0 Å².